The lowest BCUT2D eigenvalue weighted by Crippen LogP contribution is -2.62. The molecule has 2 N–H and O–H groups in total. The lowest BCUT2D eigenvalue weighted by molar-refractivity contribution is -0.0971. The lowest BCUT2D eigenvalue weighted by Gasteiger charge is -2.52. The van der Waals surface area contributed by atoms with Gasteiger partial charge in [0.25, 0.3) is 0 Å². The molecule has 2 saturated heterocycles. The van der Waals surface area contributed by atoms with E-state index in [1.165, 1.54) is 32.1 Å². The smallest absolute Gasteiger partial charge is 0.0707 e. The molecule has 14 heavy (non-hydrogen) atoms. The molecule has 80 valence electrons. The average Bonchev–Trinajstić information content (AvgIpc) is 2.45. The van der Waals surface area contributed by atoms with E-state index >= 15 is 0 Å². The zero-order valence-corrected chi connectivity index (χ0v) is 8.74. The standard InChI is InChI=1S/C11H20N2O/c12-8-11(4-1-5-11)13-6-9-2-3-10(7-13)14-9/h9-10H,1-8,12H2. The third-order valence-corrected chi connectivity index (χ3v) is 4.38. The van der Waals surface area contributed by atoms with Gasteiger partial charge in [-0.1, -0.05) is 0 Å². The van der Waals surface area contributed by atoms with Crippen LogP contribution in [0.2, 0.25) is 0 Å². The van der Waals surface area contributed by atoms with E-state index in [-0.39, 0.29) is 0 Å². The molecule has 0 aromatic carbocycles. The van der Waals surface area contributed by atoms with Gasteiger partial charge in [-0.2, -0.15) is 0 Å². The number of fused-ring (bicyclic) bond motifs is 2. The van der Waals surface area contributed by atoms with Crippen LogP contribution < -0.4 is 5.73 Å². The van der Waals surface area contributed by atoms with Gasteiger partial charge in [-0.25, -0.2) is 0 Å². The number of hydrogen-bond donors (Lipinski definition) is 1. The number of rotatable bonds is 2. The highest BCUT2D eigenvalue weighted by molar-refractivity contribution is 5.02. The third kappa shape index (κ3) is 1.23. The van der Waals surface area contributed by atoms with Gasteiger partial charge in [0, 0.05) is 25.2 Å². The maximum absolute atomic E-state index is 5.93. The van der Waals surface area contributed by atoms with Crippen molar-refractivity contribution in [2.75, 3.05) is 19.6 Å². The van der Waals surface area contributed by atoms with Crippen molar-refractivity contribution in [3.8, 4) is 0 Å². The lowest BCUT2D eigenvalue weighted by atomic mass is 9.75. The van der Waals surface area contributed by atoms with Crippen molar-refractivity contribution in [1.29, 1.82) is 0 Å². The van der Waals surface area contributed by atoms with Gasteiger partial charge in [0.1, 0.15) is 0 Å². The maximum atomic E-state index is 5.93. The summed E-state index contributed by atoms with van der Waals surface area (Å²) in [5, 5.41) is 0. The molecule has 2 unspecified atom stereocenters. The van der Waals surface area contributed by atoms with Crippen LogP contribution in [0.1, 0.15) is 32.1 Å². The summed E-state index contributed by atoms with van der Waals surface area (Å²) in [5.41, 5.74) is 6.29. The first kappa shape index (κ1) is 9.13. The summed E-state index contributed by atoms with van der Waals surface area (Å²) in [6, 6.07) is 0. The van der Waals surface area contributed by atoms with E-state index < -0.39 is 0 Å². The van der Waals surface area contributed by atoms with Crippen molar-refractivity contribution in [2.24, 2.45) is 5.73 Å². The first-order valence-electron chi connectivity index (χ1n) is 5.93. The molecule has 2 heterocycles. The molecule has 2 atom stereocenters. The summed E-state index contributed by atoms with van der Waals surface area (Å²) in [4.78, 5) is 2.63. The topological polar surface area (TPSA) is 38.5 Å². The molecule has 3 heteroatoms. The highest BCUT2D eigenvalue weighted by Gasteiger charge is 2.46. The Kier molecular flexibility index (Phi) is 2.08. The van der Waals surface area contributed by atoms with Crippen LogP contribution in [0.3, 0.4) is 0 Å². The molecule has 0 amide bonds. The summed E-state index contributed by atoms with van der Waals surface area (Å²) in [7, 11) is 0. The number of nitrogens with two attached hydrogens (primary N) is 1. The van der Waals surface area contributed by atoms with Crippen molar-refractivity contribution < 1.29 is 4.74 Å². The molecule has 0 aromatic rings. The molecular weight excluding hydrogens is 176 g/mol. The Morgan fingerprint density at radius 1 is 1.21 bits per heavy atom. The Hall–Kier alpha value is -0.120. The van der Waals surface area contributed by atoms with Crippen molar-refractivity contribution in [1.82, 2.24) is 4.90 Å². The van der Waals surface area contributed by atoms with Crippen molar-refractivity contribution in [2.45, 2.75) is 49.9 Å². The predicted octanol–water partition coefficient (Wildman–Crippen LogP) is 0.731. The number of morpholine rings is 1. The van der Waals surface area contributed by atoms with Crippen LogP contribution in [0.15, 0.2) is 0 Å². The van der Waals surface area contributed by atoms with Crippen LogP contribution in [0.25, 0.3) is 0 Å². The van der Waals surface area contributed by atoms with E-state index in [1.807, 2.05) is 0 Å². The van der Waals surface area contributed by atoms with Gasteiger partial charge >= 0.3 is 0 Å². The molecule has 1 saturated carbocycles. The van der Waals surface area contributed by atoms with E-state index in [0.29, 0.717) is 17.7 Å². The molecule has 2 aliphatic heterocycles. The minimum Gasteiger partial charge on any atom is -0.372 e. The second-order valence-electron chi connectivity index (χ2n) is 5.14. The fourth-order valence-corrected chi connectivity index (χ4v) is 3.24. The summed E-state index contributed by atoms with van der Waals surface area (Å²) in [5.74, 6) is 0. The quantitative estimate of drug-likeness (QED) is 0.707. The Labute approximate surface area is 85.6 Å². The van der Waals surface area contributed by atoms with Crippen LogP contribution in [0, 0.1) is 0 Å². The largest absolute Gasteiger partial charge is 0.372 e. The minimum atomic E-state index is 0.366. The molecule has 0 radical (unpaired) electrons. The highest BCUT2D eigenvalue weighted by Crippen LogP contribution is 2.40. The number of likely N-dealkylation sites (tertiary alicyclic amines) is 1. The van der Waals surface area contributed by atoms with E-state index in [9.17, 15) is 0 Å². The van der Waals surface area contributed by atoms with E-state index in [2.05, 4.69) is 4.90 Å². The Morgan fingerprint density at radius 2 is 1.86 bits per heavy atom. The fraction of sp³-hybridized carbons (Fsp3) is 1.00. The van der Waals surface area contributed by atoms with Crippen LogP contribution in [-0.2, 0) is 4.74 Å². The van der Waals surface area contributed by atoms with Gasteiger partial charge in [-0.05, 0) is 32.1 Å². The molecule has 0 aromatic heterocycles. The SMILES string of the molecule is NCC1(N2CC3CCC(C2)O3)CCC1. The minimum absolute atomic E-state index is 0.366. The second-order valence-corrected chi connectivity index (χ2v) is 5.14. The normalized spacial score (nSPS) is 40.9. The molecule has 3 aliphatic rings. The molecule has 3 rings (SSSR count). The zero-order chi connectivity index (χ0) is 9.60. The van der Waals surface area contributed by atoms with Gasteiger partial charge in [0.05, 0.1) is 12.2 Å². The predicted molar refractivity (Wildman–Crippen MR) is 55.1 cm³/mol. The highest BCUT2D eigenvalue weighted by atomic mass is 16.5. The van der Waals surface area contributed by atoms with Crippen LogP contribution in [0.4, 0.5) is 0 Å². The second kappa shape index (κ2) is 3.19. The van der Waals surface area contributed by atoms with Gasteiger partial charge < -0.3 is 10.5 Å². The molecule has 2 bridgehead atoms. The molecule has 0 spiro atoms. The number of hydrogen-bond acceptors (Lipinski definition) is 3. The van der Waals surface area contributed by atoms with E-state index in [0.717, 1.165) is 19.6 Å². The molecular formula is C11H20N2O. The van der Waals surface area contributed by atoms with Gasteiger partial charge in [-0.3, -0.25) is 4.90 Å². The monoisotopic (exact) mass is 196 g/mol. The first-order valence-corrected chi connectivity index (χ1v) is 5.93. The van der Waals surface area contributed by atoms with Gasteiger partial charge in [0.15, 0.2) is 0 Å². The van der Waals surface area contributed by atoms with Crippen molar-refractivity contribution in [3.63, 3.8) is 0 Å². The van der Waals surface area contributed by atoms with Crippen molar-refractivity contribution in [3.05, 3.63) is 0 Å². The summed E-state index contributed by atoms with van der Waals surface area (Å²) in [6.45, 7) is 3.11. The van der Waals surface area contributed by atoms with Crippen LogP contribution in [-0.4, -0.2) is 42.3 Å². The van der Waals surface area contributed by atoms with Crippen LogP contribution >= 0.6 is 0 Å². The van der Waals surface area contributed by atoms with Gasteiger partial charge in [0.2, 0.25) is 0 Å². The van der Waals surface area contributed by atoms with Gasteiger partial charge in [-0.15, -0.1) is 0 Å². The summed E-state index contributed by atoms with van der Waals surface area (Å²) < 4.78 is 5.85. The van der Waals surface area contributed by atoms with E-state index in [4.69, 9.17) is 10.5 Å². The molecule has 1 aliphatic carbocycles. The first-order chi connectivity index (χ1) is 6.82. The number of nitrogens with zero attached hydrogens (tertiary/aromatic N) is 1. The summed E-state index contributed by atoms with van der Waals surface area (Å²) >= 11 is 0. The molecule has 3 fully saturated rings. The molecule has 3 nitrogen and oxygen atoms in total. The zero-order valence-electron chi connectivity index (χ0n) is 8.74. The van der Waals surface area contributed by atoms with Crippen molar-refractivity contribution >= 4 is 0 Å². The Balaban J connectivity index is 1.73. The van der Waals surface area contributed by atoms with E-state index in [1.54, 1.807) is 0 Å². The van der Waals surface area contributed by atoms with Crippen LogP contribution in [0.5, 0.6) is 0 Å². The fourth-order valence-electron chi connectivity index (χ4n) is 3.24. The third-order valence-electron chi connectivity index (χ3n) is 4.38. The average molecular weight is 196 g/mol. The maximum Gasteiger partial charge on any atom is 0.0707 e. The Morgan fingerprint density at radius 3 is 2.29 bits per heavy atom. The number of ether oxygens (including phenoxy) is 1. The Bertz CT molecular complexity index is 210. The summed E-state index contributed by atoms with van der Waals surface area (Å²) in [6.07, 6.45) is 7.54.